The van der Waals surface area contributed by atoms with Crippen molar-refractivity contribution in [3.05, 3.63) is 59.9 Å². The number of nitrogens with zero attached hydrogens (tertiary/aromatic N) is 2. The van der Waals surface area contributed by atoms with Crippen LogP contribution in [0.25, 0.3) is 11.0 Å². The second-order valence-corrected chi connectivity index (χ2v) is 5.46. The fourth-order valence-electron chi connectivity index (χ4n) is 2.54. The molecule has 2 aromatic carbocycles. The lowest BCUT2D eigenvalue weighted by Crippen LogP contribution is -2.26. The summed E-state index contributed by atoms with van der Waals surface area (Å²) in [5.41, 5.74) is 3.95. The first-order chi connectivity index (χ1) is 10.6. The first-order valence-electron chi connectivity index (χ1n) is 7.40. The van der Waals surface area contributed by atoms with Gasteiger partial charge in [0.1, 0.15) is 5.82 Å². The van der Waals surface area contributed by atoms with E-state index in [9.17, 15) is 4.79 Å². The van der Waals surface area contributed by atoms with Crippen LogP contribution in [0.5, 0.6) is 0 Å². The number of rotatable bonds is 4. The Kier molecular flexibility index (Phi) is 3.92. The van der Waals surface area contributed by atoms with Gasteiger partial charge in [-0.2, -0.15) is 0 Å². The minimum atomic E-state index is 0.111. The quantitative estimate of drug-likeness (QED) is 0.800. The first-order valence-corrected chi connectivity index (χ1v) is 7.40. The van der Waals surface area contributed by atoms with Gasteiger partial charge >= 0.3 is 0 Å². The van der Waals surface area contributed by atoms with Crippen LogP contribution >= 0.6 is 0 Å². The van der Waals surface area contributed by atoms with E-state index < -0.39 is 0 Å². The number of H-pyrrole nitrogens is 1. The standard InChI is InChI=1S/C18H19N3O/c1-13-19-16-10-9-15(12-17(16)20-13)21(2)18(22)11-8-14-6-4-3-5-7-14/h3-7,9-10,12H,8,11H2,1-2H3,(H,19,20). The molecule has 0 radical (unpaired) electrons. The molecule has 0 aliphatic carbocycles. The molecule has 1 amide bonds. The van der Waals surface area contributed by atoms with Crippen molar-refractivity contribution in [1.29, 1.82) is 0 Å². The molecule has 4 nitrogen and oxygen atoms in total. The Hall–Kier alpha value is -2.62. The topological polar surface area (TPSA) is 49.0 Å². The summed E-state index contributed by atoms with van der Waals surface area (Å²) in [6, 6.07) is 15.9. The van der Waals surface area contributed by atoms with Gasteiger partial charge in [0.05, 0.1) is 11.0 Å². The average Bonchev–Trinajstić information content (AvgIpc) is 2.92. The molecule has 0 saturated heterocycles. The maximum absolute atomic E-state index is 12.4. The Morgan fingerprint density at radius 2 is 1.95 bits per heavy atom. The maximum Gasteiger partial charge on any atom is 0.227 e. The van der Waals surface area contributed by atoms with Gasteiger partial charge in [-0.1, -0.05) is 30.3 Å². The van der Waals surface area contributed by atoms with E-state index in [1.807, 2.05) is 62.5 Å². The fraction of sp³-hybridized carbons (Fsp3) is 0.222. The monoisotopic (exact) mass is 293 g/mol. The van der Waals surface area contributed by atoms with Crippen molar-refractivity contribution >= 4 is 22.6 Å². The zero-order valence-electron chi connectivity index (χ0n) is 12.8. The van der Waals surface area contributed by atoms with Crippen molar-refractivity contribution in [2.75, 3.05) is 11.9 Å². The van der Waals surface area contributed by atoms with Crippen LogP contribution in [-0.4, -0.2) is 22.9 Å². The van der Waals surface area contributed by atoms with E-state index in [1.165, 1.54) is 5.56 Å². The van der Waals surface area contributed by atoms with Crippen LogP contribution in [-0.2, 0) is 11.2 Å². The zero-order valence-corrected chi connectivity index (χ0v) is 12.8. The molecule has 0 fully saturated rings. The van der Waals surface area contributed by atoms with Crippen LogP contribution in [0.1, 0.15) is 17.8 Å². The molecular weight excluding hydrogens is 274 g/mol. The highest BCUT2D eigenvalue weighted by molar-refractivity contribution is 5.95. The number of hydrogen-bond donors (Lipinski definition) is 1. The fourth-order valence-corrected chi connectivity index (χ4v) is 2.54. The SMILES string of the molecule is Cc1nc2ccc(N(C)C(=O)CCc3ccccc3)cc2[nH]1. The molecule has 0 unspecified atom stereocenters. The summed E-state index contributed by atoms with van der Waals surface area (Å²) in [5.74, 6) is 0.990. The molecule has 3 rings (SSSR count). The van der Waals surface area contributed by atoms with Gasteiger partial charge in [-0.25, -0.2) is 4.98 Å². The Morgan fingerprint density at radius 1 is 1.18 bits per heavy atom. The van der Waals surface area contributed by atoms with Gasteiger partial charge in [0, 0.05) is 19.2 Å². The summed E-state index contributed by atoms with van der Waals surface area (Å²) in [7, 11) is 1.82. The number of fused-ring (bicyclic) bond motifs is 1. The number of aromatic amines is 1. The number of amides is 1. The molecule has 1 N–H and O–H groups in total. The van der Waals surface area contributed by atoms with E-state index >= 15 is 0 Å². The third kappa shape index (κ3) is 3.01. The lowest BCUT2D eigenvalue weighted by Gasteiger charge is -2.17. The van der Waals surface area contributed by atoms with Crippen molar-refractivity contribution in [3.8, 4) is 0 Å². The zero-order chi connectivity index (χ0) is 15.5. The normalized spacial score (nSPS) is 10.8. The molecule has 0 spiro atoms. The molecule has 1 heterocycles. The third-order valence-electron chi connectivity index (χ3n) is 3.82. The molecule has 0 aliphatic heterocycles. The summed E-state index contributed by atoms with van der Waals surface area (Å²) in [6.07, 6.45) is 1.26. The molecular formula is C18H19N3O. The van der Waals surface area contributed by atoms with Crippen molar-refractivity contribution in [2.24, 2.45) is 0 Å². The van der Waals surface area contributed by atoms with E-state index in [0.717, 1.165) is 29.0 Å². The maximum atomic E-state index is 12.4. The van der Waals surface area contributed by atoms with Gasteiger partial charge in [0.25, 0.3) is 0 Å². The Bertz CT molecular complexity index is 792. The molecule has 0 atom stereocenters. The van der Waals surface area contributed by atoms with E-state index in [-0.39, 0.29) is 5.91 Å². The summed E-state index contributed by atoms with van der Waals surface area (Å²) in [5, 5.41) is 0. The van der Waals surface area contributed by atoms with E-state index in [4.69, 9.17) is 0 Å². The third-order valence-corrected chi connectivity index (χ3v) is 3.82. The van der Waals surface area contributed by atoms with Crippen LogP contribution < -0.4 is 4.90 Å². The summed E-state index contributed by atoms with van der Waals surface area (Å²) >= 11 is 0. The number of aryl methyl sites for hydroxylation is 2. The second kappa shape index (κ2) is 6.02. The predicted molar refractivity (Wildman–Crippen MR) is 89.0 cm³/mol. The van der Waals surface area contributed by atoms with Crippen molar-refractivity contribution < 1.29 is 4.79 Å². The number of carbonyl (C=O) groups is 1. The van der Waals surface area contributed by atoms with Gasteiger partial charge < -0.3 is 9.88 Å². The molecule has 112 valence electrons. The van der Waals surface area contributed by atoms with Gasteiger partial charge in [-0.3, -0.25) is 4.79 Å². The van der Waals surface area contributed by atoms with Crippen molar-refractivity contribution in [3.63, 3.8) is 0 Å². The Labute approximate surface area is 129 Å². The summed E-state index contributed by atoms with van der Waals surface area (Å²) in [4.78, 5) is 21.6. The number of aromatic nitrogens is 2. The van der Waals surface area contributed by atoms with E-state index in [0.29, 0.717) is 6.42 Å². The van der Waals surface area contributed by atoms with E-state index in [2.05, 4.69) is 9.97 Å². The molecule has 0 bridgehead atoms. The van der Waals surface area contributed by atoms with Crippen molar-refractivity contribution in [1.82, 2.24) is 9.97 Å². The van der Waals surface area contributed by atoms with Gasteiger partial charge in [-0.05, 0) is 37.1 Å². The number of hydrogen-bond acceptors (Lipinski definition) is 2. The summed E-state index contributed by atoms with van der Waals surface area (Å²) in [6.45, 7) is 1.93. The summed E-state index contributed by atoms with van der Waals surface area (Å²) < 4.78 is 0. The molecule has 3 aromatic rings. The first kappa shape index (κ1) is 14.3. The highest BCUT2D eigenvalue weighted by Gasteiger charge is 2.12. The lowest BCUT2D eigenvalue weighted by molar-refractivity contribution is -0.118. The van der Waals surface area contributed by atoms with Crippen LogP contribution in [0.15, 0.2) is 48.5 Å². The van der Waals surface area contributed by atoms with Crippen molar-refractivity contribution in [2.45, 2.75) is 19.8 Å². The minimum Gasteiger partial charge on any atom is -0.342 e. The second-order valence-electron chi connectivity index (χ2n) is 5.46. The van der Waals surface area contributed by atoms with Gasteiger partial charge in [-0.15, -0.1) is 0 Å². The smallest absolute Gasteiger partial charge is 0.227 e. The molecule has 22 heavy (non-hydrogen) atoms. The predicted octanol–water partition coefficient (Wildman–Crippen LogP) is 3.47. The average molecular weight is 293 g/mol. The number of benzene rings is 2. The van der Waals surface area contributed by atoms with E-state index in [1.54, 1.807) is 4.90 Å². The Morgan fingerprint density at radius 3 is 2.73 bits per heavy atom. The largest absolute Gasteiger partial charge is 0.342 e. The molecule has 0 aliphatic rings. The number of nitrogens with one attached hydrogen (secondary N) is 1. The number of imidazole rings is 1. The van der Waals surface area contributed by atoms with Crippen LogP contribution in [0.4, 0.5) is 5.69 Å². The lowest BCUT2D eigenvalue weighted by atomic mass is 10.1. The molecule has 1 aromatic heterocycles. The van der Waals surface area contributed by atoms with Gasteiger partial charge in [0.15, 0.2) is 0 Å². The molecule has 0 saturated carbocycles. The van der Waals surface area contributed by atoms with Crippen LogP contribution in [0.3, 0.4) is 0 Å². The molecule has 4 heteroatoms. The number of carbonyl (C=O) groups excluding carboxylic acids is 1. The highest BCUT2D eigenvalue weighted by Crippen LogP contribution is 2.20. The van der Waals surface area contributed by atoms with Crippen LogP contribution in [0.2, 0.25) is 0 Å². The minimum absolute atomic E-state index is 0.111. The van der Waals surface area contributed by atoms with Gasteiger partial charge in [0.2, 0.25) is 5.91 Å². The van der Waals surface area contributed by atoms with Crippen LogP contribution in [0, 0.1) is 6.92 Å². The highest BCUT2D eigenvalue weighted by atomic mass is 16.2. The number of anilines is 1. The Balaban J connectivity index is 1.71.